The maximum Gasteiger partial charge on any atom is 0.411 e. The van der Waals surface area contributed by atoms with Crippen LogP contribution in [0.15, 0.2) is 0 Å². The maximum absolute atomic E-state index is 11.7. The van der Waals surface area contributed by atoms with Crippen molar-refractivity contribution in [2.24, 2.45) is 5.92 Å². The summed E-state index contributed by atoms with van der Waals surface area (Å²) >= 11 is 0. The lowest BCUT2D eigenvalue weighted by Gasteiger charge is -2.29. The van der Waals surface area contributed by atoms with Crippen LogP contribution in [-0.2, 0) is 19.1 Å². The SMILES string of the molecule is CCC(CC)C[C@](C)(NC(=O)O[C@@H](C)OC(C)=O)C(=O)O. The van der Waals surface area contributed by atoms with E-state index in [-0.39, 0.29) is 5.92 Å². The molecule has 1 amide bonds. The Hall–Kier alpha value is -1.79. The van der Waals surface area contributed by atoms with Gasteiger partial charge in [-0.25, -0.2) is 9.59 Å². The van der Waals surface area contributed by atoms with Crippen molar-refractivity contribution in [3.05, 3.63) is 0 Å². The lowest BCUT2D eigenvalue weighted by atomic mass is 9.86. The molecule has 0 unspecified atom stereocenters. The Balaban J connectivity index is 4.72. The molecular formula is C14H25NO6. The topological polar surface area (TPSA) is 102 Å². The number of carbonyl (C=O) groups is 3. The molecule has 0 radical (unpaired) electrons. The number of carboxylic acid groups (broad SMARTS) is 1. The van der Waals surface area contributed by atoms with Crippen LogP contribution in [0, 0.1) is 5.92 Å². The van der Waals surface area contributed by atoms with E-state index in [1.54, 1.807) is 0 Å². The molecule has 0 fully saturated rings. The number of nitrogens with one attached hydrogen (secondary N) is 1. The number of hydrogen-bond donors (Lipinski definition) is 2. The summed E-state index contributed by atoms with van der Waals surface area (Å²) < 4.78 is 9.45. The Morgan fingerprint density at radius 3 is 2.10 bits per heavy atom. The highest BCUT2D eigenvalue weighted by Gasteiger charge is 2.37. The third kappa shape index (κ3) is 6.97. The highest BCUT2D eigenvalue weighted by atomic mass is 16.7. The van der Waals surface area contributed by atoms with Gasteiger partial charge in [0.25, 0.3) is 0 Å². The van der Waals surface area contributed by atoms with Crippen molar-refractivity contribution in [2.45, 2.75) is 65.7 Å². The van der Waals surface area contributed by atoms with Crippen molar-refractivity contribution in [1.29, 1.82) is 0 Å². The van der Waals surface area contributed by atoms with Crippen molar-refractivity contribution in [3.63, 3.8) is 0 Å². The molecule has 0 aliphatic heterocycles. The number of amides is 1. The Morgan fingerprint density at radius 2 is 1.71 bits per heavy atom. The largest absolute Gasteiger partial charge is 0.480 e. The first-order valence-electron chi connectivity index (χ1n) is 7.04. The molecule has 2 atom stereocenters. The average molecular weight is 303 g/mol. The summed E-state index contributed by atoms with van der Waals surface area (Å²) in [5.41, 5.74) is -1.43. The van der Waals surface area contributed by atoms with E-state index in [4.69, 9.17) is 4.74 Å². The van der Waals surface area contributed by atoms with Crippen LogP contribution in [-0.4, -0.2) is 35.0 Å². The summed E-state index contributed by atoms with van der Waals surface area (Å²) in [4.78, 5) is 33.9. The van der Waals surface area contributed by atoms with Crippen LogP contribution >= 0.6 is 0 Å². The van der Waals surface area contributed by atoms with E-state index in [0.29, 0.717) is 6.42 Å². The zero-order valence-corrected chi connectivity index (χ0v) is 13.3. The van der Waals surface area contributed by atoms with Gasteiger partial charge < -0.3 is 19.9 Å². The van der Waals surface area contributed by atoms with Gasteiger partial charge in [-0.05, 0) is 19.3 Å². The third-order valence-electron chi connectivity index (χ3n) is 3.31. The first-order valence-corrected chi connectivity index (χ1v) is 7.04. The number of rotatable bonds is 8. The van der Waals surface area contributed by atoms with Crippen LogP contribution in [0.3, 0.4) is 0 Å². The van der Waals surface area contributed by atoms with E-state index in [1.807, 2.05) is 13.8 Å². The molecule has 2 N–H and O–H groups in total. The first-order chi connectivity index (χ1) is 9.64. The van der Waals surface area contributed by atoms with Crippen molar-refractivity contribution >= 4 is 18.0 Å². The van der Waals surface area contributed by atoms with Crippen LogP contribution in [0.25, 0.3) is 0 Å². The Morgan fingerprint density at radius 1 is 1.19 bits per heavy atom. The molecule has 0 saturated heterocycles. The number of carboxylic acids is 1. The fraction of sp³-hybridized carbons (Fsp3) is 0.786. The van der Waals surface area contributed by atoms with Crippen LogP contribution in [0.2, 0.25) is 0 Å². The van der Waals surface area contributed by atoms with Crippen LogP contribution in [0.4, 0.5) is 4.79 Å². The molecule has 7 nitrogen and oxygen atoms in total. The number of esters is 1. The molecule has 0 saturated carbocycles. The molecule has 0 aromatic carbocycles. The quantitative estimate of drug-likeness (QED) is 0.527. The minimum Gasteiger partial charge on any atom is -0.480 e. The van der Waals surface area contributed by atoms with Gasteiger partial charge in [0.15, 0.2) is 0 Å². The molecule has 7 heteroatoms. The number of alkyl carbamates (subject to hydrolysis) is 1. The molecule has 0 rings (SSSR count). The van der Waals surface area contributed by atoms with Gasteiger partial charge in [-0.3, -0.25) is 4.79 Å². The normalized spacial score (nSPS) is 15.0. The van der Waals surface area contributed by atoms with Gasteiger partial charge >= 0.3 is 18.0 Å². The van der Waals surface area contributed by atoms with Gasteiger partial charge in [-0.1, -0.05) is 26.7 Å². The van der Waals surface area contributed by atoms with E-state index in [9.17, 15) is 19.5 Å². The van der Waals surface area contributed by atoms with Crippen LogP contribution in [0.5, 0.6) is 0 Å². The first kappa shape index (κ1) is 19.2. The highest BCUT2D eigenvalue weighted by molar-refractivity contribution is 5.84. The molecular weight excluding hydrogens is 278 g/mol. The summed E-state index contributed by atoms with van der Waals surface area (Å²) in [6.45, 7) is 7.94. The fourth-order valence-corrected chi connectivity index (χ4v) is 2.01. The molecule has 21 heavy (non-hydrogen) atoms. The number of ether oxygens (including phenoxy) is 2. The molecule has 0 spiro atoms. The molecule has 0 aliphatic carbocycles. The van der Waals surface area contributed by atoms with Gasteiger partial charge in [-0.2, -0.15) is 0 Å². The summed E-state index contributed by atoms with van der Waals surface area (Å²) in [6, 6.07) is 0. The number of carbonyl (C=O) groups excluding carboxylic acids is 2. The van der Waals surface area contributed by atoms with Gasteiger partial charge in [-0.15, -0.1) is 0 Å². The third-order valence-corrected chi connectivity index (χ3v) is 3.31. The summed E-state index contributed by atoms with van der Waals surface area (Å²) in [5, 5.41) is 11.7. The summed E-state index contributed by atoms with van der Waals surface area (Å²) in [5.74, 6) is -1.54. The zero-order valence-electron chi connectivity index (χ0n) is 13.3. The van der Waals surface area contributed by atoms with Crippen LogP contribution in [0.1, 0.15) is 53.9 Å². The van der Waals surface area contributed by atoms with Crippen molar-refractivity contribution in [2.75, 3.05) is 0 Å². The maximum atomic E-state index is 11.7. The van der Waals surface area contributed by atoms with E-state index < -0.39 is 29.9 Å². The lowest BCUT2D eigenvalue weighted by molar-refractivity contribution is -0.163. The second-order valence-corrected chi connectivity index (χ2v) is 5.23. The van der Waals surface area contributed by atoms with E-state index in [0.717, 1.165) is 12.8 Å². The van der Waals surface area contributed by atoms with Crippen molar-refractivity contribution in [1.82, 2.24) is 5.32 Å². The zero-order chi connectivity index (χ0) is 16.6. The predicted molar refractivity (Wildman–Crippen MR) is 75.6 cm³/mol. The number of hydrogen-bond acceptors (Lipinski definition) is 5. The number of aliphatic carboxylic acids is 1. The smallest absolute Gasteiger partial charge is 0.411 e. The molecule has 0 aromatic heterocycles. The van der Waals surface area contributed by atoms with E-state index in [1.165, 1.54) is 20.8 Å². The molecule has 0 heterocycles. The minimum absolute atomic E-state index is 0.178. The standard InChI is InChI=1S/C14H25NO6/c1-6-11(7-2)8-14(5,12(17)18)15-13(19)21-10(4)20-9(3)16/h10-11H,6-8H2,1-5H3,(H,15,19)(H,17,18)/t10-,14-/m0/s1. The predicted octanol–water partition coefficient (Wildman–Crippen LogP) is 2.29. The highest BCUT2D eigenvalue weighted by Crippen LogP contribution is 2.23. The Labute approximate surface area is 125 Å². The second-order valence-electron chi connectivity index (χ2n) is 5.23. The monoisotopic (exact) mass is 303 g/mol. The lowest BCUT2D eigenvalue weighted by Crippen LogP contribution is -2.53. The molecule has 122 valence electrons. The van der Waals surface area contributed by atoms with Gasteiger partial charge in [0.2, 0.25) is 6.29 Å². The van der Waals surface area contributed by atoms with Crippen molar-refractivity contribution in [3.8, 4) is 0 Å². The summed E-state index contributed by atoms with van der Waals surface area (Å²) in [6.07, 6.45) is -0.0694. The minimum atomic E-state index is -1.43. The second kappa shape index (κ2) is 8.49. The molecule has 0 aromatic rings. The molecule has 0 aliphatic rings. The Bertz CT molecular complexity index is 380. The van der Waals surface area contributed by atoms with E-state index in [2.05, 4.69) is 10.1 Å². The van der Waals surface area contributed by atoms with Gasteiger partial charge in [0.1, 0.15) is 5.54 Å². The van der Waals surface area contributed by atoms with Gasteiger partial charge in [0, 0.05) is 13.8 Å². The molecule has 0 bridgehead atoms. The average Bonchev–Trinajstić information content (AvgIpc) is 2.34. The van der Waals surface area contributed by atoms with Crippen molar-refractivity contribution < 1.29 is 29.0 Å². The van der Waals surface area contributed by atoms with Crippen LogP contribution < -0.4 is 5.32 Å². The van der Waals surface area contributed by atoms with E-state index >= 15 is 0 Å². The van der Waals surface area contributed by atoms with Gasteiger partial charge in [0.05, 0.1) is 0 Å². The summed E-state index contributed by atoms with van der Waals surface area (Å²) in [7, 11) is 0. The fourth-order valence-electron chi connectivity index (χ4n) is 2.01. The Kier molecular flexibility index (Phi) is 7.76.